The van der Waals surface area contributed by atoms with Gasteiger partial charge in [0.15, 0.2) is 0 Å². The Kier molecular flexibility index (Phi) is 1.10. The summed E-state index contributed by atoms with van der Waals surface area (Å²) < 4.78 is 25.0. The topological polar surface area (TPSA) is 37.3 Å². The van der Waals surface area contributed by atoms with Crippen LogP contribution in [0.3, 0.4) is 0 Å². The summed E-state index contributed by atoms with van der Waals surface area (Å²) >= 11 is 0. The van der Waals surface area contributed by atoms with Crippen LogP contribution in [0.1, 0.15) is 12.8 Å². The van der Waals surface area contributed by atoms with E-state index in [1.54, 1.807) is 0 Å². The van der Waals surface area contributed by atoms with Crippen molar-refractivity contribution >= 4 is 5.97 Å². The van der Waals surface area contributed by atoms with Crippen LogP contribution in [0.25, 0.3) is 0 Å². The molecular weight excluding hydrogens is 154 g/mol. The predicted octanol–water partition coefficient (Wildman–Crippen LogP) is 1.36. The minimum atomic E-state index is -2.54. The number of alkyl halides is 2. The van der Waals surface area contributed by atoms with Crippen LogP contribution in [0.15, 0.2) is 0 Å². The summed E-state index contributed by atoms with van der Waals surface area (Å²) in [4.78, 5) is 10.3. The van der Waals surface area contributed by atoms with Crippen LogP contribution in [-0.4, -0.2) is 17.0 Å². The zero-order chi connectivity index (χ0) is 8.22. The molecule has 0 aromatic carbocycles. The SMILES string of the molecule is O=C(O)C1C[C@H]2[C@H](C1)C2(F)F. The summed E-state index contributed by atoms with van der Waals surface area (Å²) in [6.07, 6.45) is 0.347. The third-order valence-corrected chi connectivity index (χ3v) is 2.79. The van der Waals surface area contributed by atoms with Gasteiger partial charge < -0.3 is 5.11 Å². The number of fused-ring (bicyclic) bond motifs is 1. The van der Waals surface area contributed by atoms with Crippen molar-refractivity contribution in [2.75, 3.05) is 0 Å². The molecule has 4 heteroatoms. The summed E-state index contributed by atoms with van der Waals surface area (Å²) in [5, 5.41) is 8.48. The van der Waals surface area contributed by atoms with Crippen molar-refractivity contribution in [2.24, 2.45) is 17.8 Å². The zero-order valence-corrected chi connectivity index (χ0v) is 5.76. The Morgan fingerprint density at radius 2 is 1.82 bits per heavy atom. The molecule has 0 aromatic heterocycles. The Morgan fingerprint density at radius 3 is 2.18 bits per heavy atom. The molecule has 0 unspecified atom stereocenters. The van der Waals surface area contributed by atoms with Gasteiger partial charge in [-0.2, -0.15) is 0 Å². The first-order valence-corrected chi connectivity index (χ1v) is 3.64. The Balaban J connectivity index is 2.00. The lowest BCUT2D eigenvalue weighted by Gasteiger charge is -2.07. The average molecular weight is 162 g/mol. The van der Waals surface area contributed by atoms with Crippen molar-refractivity contribution in [2.45, 2.75) is 18.8 Å². The molecule has 2 aliphatic carbocycles. The molecule has 62 valence electrons. The lowest BCUT2D eigenvalue weighted by atomic mass is 10.0. The van der Waals surface area contributed by atoms with Gasteiger partial charge in [-0.1, -0.05) is 0 Å². The lowest BCUT2D eigenvalue weighted by Crippen LogP contribution is -2.15. The highest BCUT2D eigenvalue weighted by atomic mass is 19.3. The van der Waals surface area contributed by atoms with E-state index in [-0.39, 0.29) is 12.8 Å². The van der Waals surface area contributed by atoms with Crippen molar-refractivity contribution < 1.29 is 18.7 Å². The van der Waals surface area contributed by atoms with E-state index >= 15 is 0 Å². The maximum Gasteiger partial charge on any atom is 0.306 e. The molecule has 0 aliphatic heterocycles. The van der Waals surface area contributed by atoms with Gasteiger partial charge in [0, 0.05) is 11.8 Å². The van der Waals surface area contributed by atoms with Crippen molar-refractivity contribution in [3.8, 4) is 0 Å². The largest absolute Gasteiger partial charge is 0.481 e. The summed E-state index contributed by atoms with van der Waals surface area (Å²) in [6, 6.07) is 0. The van der Waals surface area contributed by atoms with Crippen molar-refractivity contribution in [1.29, 1.82) is 0 Å². The number of hydrogen-bond acceptors (Lipinski definition) is 1. The summed E-state index contributed by atoms with van der Waals surface area (Å²) in [5.41, 5.74) is 0. The molecule has 2 aliphatic rings. The molecule has 0 heterocycles. The van der Waals surface area contributed by atoms with Gasteiger partial charge >= 0.3 is 5.97 Å². The Hall–Kier alpha value is -0.670. The van der Waals surface area contributed by atoms with Crippen LogP contribution >= 0.6 is 0 Å². The highest BCUT2D eigenvalue weighted by Gasteiger charge is 2.72. The van der Waals surface area contributed by atoms with Crippen molar-refractivity contribution in [3.63, 3.8) is 0 Å². The van der Waals surface area contributed by atoms with E-state index in [1.165, 1.54) is 0 Å². The Labute approximate surface area is 62.2 Å². The van der Waals surface area contributed by atoms with Gasteiger partial charge in [0.05, 0.1) is 5.92 Å². The normalized spacial score (nSPS) is 40.2. The average Bonchev–Trinajstić information content (AvgIpc) is 2.28. The second-order valence-electron chi connectivity index (χ2n) is 3.39. The summed E-state index contributed by atoms with van der Waals surface area (Å²) in [7, 11) is 0. The molecule has 11 heavy (non-hydrogen) atoms. The van der Waals surface area contributed by atoms with Crippen LogP contribution < -0.4 is 0 Å². The fraction of sp³-hybridized carbons (Fsp3) is 0.857. The summed E-state index contributed by atoms with van der Waals surface area (Å²) in [6.45, 7) is 0. The molecule has 0 aromatic rings. The Morgan fingerprint density at radius 1 is 1.36 bits per heavy atom. The van der Waals surface area contributed by atoms with Crippen LogP contribution in [0.5, 0.6) is 0 Å². The fourth-order valence-corrected chi connectivity index (χ4v) is 2.01. The first kappa shape index (κ1) is 7.00. The third kappa shape index (κ3) is 0.781. The first-order valence-electron chi connectivity index (χ1n) is 3.64. The second-order valence-corrected chi connectivity index (χ2v) is 3.39. The van der Waals surface area contributed by atoms with E-state index in [9.17, 15) is 13.6 Å². The number of carboxylic acid groups (broad SMARTS) is 1. The lowest BCUT2D eigenvalue weighted by molar-refractivity contribution is -0.142. The third-order valence-electron chi connectivity index (χ3n) is 2.79. The van der Waals surface area contributed by atoms with Crippen LogP contribution in [-0.2, 0) is 4.79 Å². The molecule has 0 saturated heterocycles. The van der Waals surface area contributed by atoms with Gasteiger partial charge in [-0.05, 0) is 12.8 Å². The Bertz CT molecular complexity index is 200. The van der Waals surface area contributed by atoms with Gasteiger partial charge in [0.1, 0.15) is 0 Å². The molecule has 0 bridgehead atoms. The molecule has 2 atom stereocenters. The van der Waals surface area contributed by atoms with Gasteiger partial charge in [-0.25, -0.2) is 8.78 Å². The van der Waals surface area contributed by atoms with E-state index in [2.05, 4.69) is 0 Å². The van der Waals surface area contributed by atoms with Gasteiger partial charge in [0.2, 0.25) is 0 Å². The molecule has 2 fully saturated rings. The first-order chi connectivity index (χ1) is 5.03. The van der Waals surface area contributed by atoms with Crippen LogP contribution in [0, 0.1) is 17.8 Å². The number of rotatable bonds is 1. The standard InChI is InChI=1S/C7H8F2O2/c8-7(9)4-1-3(6(10)11)2-5(4)7/h3-5H,1-2H2,(H,10,11)/t4-,5-/m0/s1. The number of hydrogen-bond donors (Lipinski definition) is 1. The van der Waals surface area contributed by atoms with E-state index in [4.69, 9.17) is 5.11 Å². The molecular formula is C7H8F2O2. The monoisotopic (exact) mass is 162 g/mol. The van der Waals surface area contributed by atoms with Crippen LogP contribution in [0.2, 0.25) is 0 Å². The maximum atomic E-state index is 12.5. The fourth-order valence-electron chi connectivity index (χ4n) is 2.01. The molecule has 1 N–H and O–H groups in total. The summed E-state index contributed by atoms with van der Waals surface area (Å²) in [5.74, 6) is -5.21. The van der Waals surface area contributed by atoms with Gasteiger partial charge in [-0.15, -0.1) is 0 Å². The van der Waals surface area contributed by atoms with Gasteiger partial charge in [0.25, 0.3) is 5.92 Å². The number of halogens is 2. The maximum absolute atomic E-state index is 12.5. The van der Waals surface area contributed by atoms with E-state index in [1.807, 2.05) is 0 Å². The van der Waals surface area contributed by atoms with Crippen molar-refractivity contribution in [1.82, 2.24) is 0 Å². The number of aliphatic carboxylic acids is 1. The number of carboxylic acids is 1. The van der Waals surface area contributed by atoms with E-state index < -0.39 is 29.6 Å². The molecule has 0 radical (unpaired) electrons. The highest BCUT2D eigenvalue weighted by Crippen LogP contribution is 2.65. The number of carbonyl (C=O) groups is 1. The molecule has 0 spiro atoms. The van der Waals surface area contributed by atoms with Crippen LogP contribution in [0.4, 0.5) is 8.78 Å². The minimum Gasteiger partial charge on any atom is -0.481 e. The quantitative estimate of drug-likeness (QED) is 0.632. The predicted molar refractivity (Wildman–Crippen MR) is 32.3 cm³/mol. The highest BCUT2D eigenvalue weighted by molar-refractivity contribution is 5.71. The van der Waals surface area contributed by atoms with E-state index in [0.717, 1.165) is 0 Å². The molecule has 2 saturated carbocycles. The van der Waals surface area contributed by atoms with Crippen molar-refractivity contribution in [3.05, 3.63) is 0 Å². The second kappa shape index (κ2) is 1.73. The molecule has 2 rings (SSSR count). The molecule has 0 amide bonds. The molecule has 2 nitrogen and oxygen atoms in total. The van der Waals surface area contributed by atoms with Gasteiger partial charge in [-0.3, -0.25) is 4.79 Å². The minimum absolute atomic E-state index is 0.174. The van der Waals surface area contributed by atoms with E-state index in [0.29, 0.717) is 0 Å². The smallest absolute Gasteiger partial charge is 0.306 e. The zero-order valence-electron chi connectivity index (χ0n) is 5.76.